The van der Waals surface area contributed by atoms with Crippen LogP contribution in [0.2, 0.25) is 0 Å². The van der Waals surface area contributed by atoms with E-state index in [2.05, 4.69) is 29.1 Å². The van der Waals surface area contributed by atoms with E-state index in [-0.39, 0.29) is 36.4 Å². The van der Waals surface area contributed by atoms with Crippen LogP contribution in [0.15, 0.2) is 86.0 Å². The Balaban J connectivity index is 1.56. The fourth-order valence-corrected chi connectivity index (χ4v) is 7.79. The van der Waals surface area contributed by atoms with Gasteiger partial charge in [0.2, 0.25) is 11.8 Å². The topological polar surface area (TPSA) is 96.4 Å². The summed E-state index contributed by atoms with van der Waals surface area (Å²) in [6.07, 6.45) is 3.89. The summed E-state index contributed by atoms with van der Waals surface area (Å²) in [7, 11) is 0. The molecule has 0 radical (unpaired) electrons. The summed E-state index contributed by atoms with van der Waals surface area (Å²) in [4.78, 5) is 45.5. The predicted octanol–water partition coefficient (Wildman–Crippen LogP) is 3.67. The Morgan fingerprint density at radius 2 is 1.79 bits per heavy atom. The highest BCUT2D eigenvalue weighted by atomic mass is 79.9. The van der Waals surface area contributed by atoms with Crippen molar-refractivity contribution < 1.29 is 29.0 Å². The normalized spacial score (nSPS) is 28.3. The van der Waals surface area contributed by atoms with Gasteiger partial charge in [-0.1, -0.05) is 88.7 Å². The quantitative estimate of drug-likeness (QED) is 0.156. The van der Waals surface area contributed by atoms with Crippen LogP contribution in [-0.4, -0.2) is 81.1 Å². The Hall–Kier alpha value is -3.27. The van der Waals surface area contributed by atoms with E-state index in [1.165, 1.54) is 4.90 Å². The van der Waals surface area contributed by atoms with E-state index in [1.54, 1.807) is 17.1 Å². The maximum Gasteiger partial charge on any atom is 0.312 e. The number of ether oxygens (including phenoxy) is 2. The second-order valence-corrected chi connectivity index (χ2v) is 12.3. The van der Waals surface area contributed by atoms with Crippen LogP contribution in [0.5, 0.6) is 0 Å². The van der Waals surface area contributed by atoms with Crippen molar-refractivity contribution in [2.45, 2.75) is 54.4 Å². The summed E-state index contributed by atoms with van der Waals surface area (Å²) in [5, 5.41) is 10.7. The maximum absolute atomic E-state index is 14.7. The van der Waals surface area contributed by atoms with E-state index in [1.807, 2.05) is 60.7 Å². The molecule has 2 amide bonds. The fraction of sp³-hybridized carbons (Fsp3) is 0.424. The molecule has 3 aliphatic rings. The number of halogens is 1. The molecule has 2 aromatic carbocycles. The molecule has 3 heterocycles. The molecule has 3 unspecified atom stereocenters. The minimum absolute atomic E-state index is 0.149. The van der Waals surface area contributed by atoms with E-state index in [0.29, 0.717) is 25.8 Å². The first-order chi connectivity index (χ1) is 20.4. The van der Waals surface area contributed by atoms with Crippen LogP contribution in [0.4, 0.5) is 0 Å². The first-order valence-electron chi connectivity index (χ1n) is 14.4. The number of benzene rings is 2. The Morgan fingerprint density at radius 1 is 1.12 bits per heavy atom. The molecule has 1 spiro atoms. The Kier molecular flexibility index (Phi) is 9.30. The molecule has 0 saturated carbocycles. The number of alkyl halides is 1. The molecule has 8 nitrogen and oxygen atoms in total. The average Bonchev–Trinajstić information content (AvgIpc) is 3.60. The lowest BCUT2D eigenvalue weighted by molar-refractivity contribution is -0.156. The molecular formula is C33H37BrN2O6. The molecule has 3 fully saturated rings. The lowest BCUT2D eigenvalue weighted by Gasteiger charge is -2.39. The van der Waals surface area contributed by atoms with Crippen molar-refractivity contribution in [3.63, 3.8) is 0 Å². The minimum Gasteiger partial charge on any atom is -0.465 e. The van der Waals surface area contributed by atoms with Crippen LogP contribution >= 0.6 is 15.9 Å². The van der Waals surface area contributed by atoms with Gasteiger partial charge in [-0.15, -0.1) is 13.2 Å². The zero-order valence-electron chi connectivity index (χ0n) is 23.5. The first-order valence-corrected chi connectivity index (χ1v) is 15.3. The molecule has 2 bridgehead atoms. The molecule has 2 aromatic rings. The van der Waals surface area contributed by atoms with E-state index < -0.39 is 41.6 Å². The number of aliphatic hydroxyl groups is 1. The molecule has 0 aromatic heterocycles. The number of hydrogen-bond acceptors (Lipinski definition) is 6. The molecule has 42 heavy (non-hydrogen) atoms. The van der Waals surface area contributed by atoms with Gasteiger partial charge in [0, 0.05) is 17.9 Å². The summed E-state index contributed by atoms with van der Waals surface area (Å²) in [6.45, 7) is 7.89. The smallest absolute Gasteiger partial charge is 0.312 e. The van der Waals surface area contributed by atoms with E-state index in [0.717, 1.165) is 11.1 Å². The van der Waals surface area contributed by atoms with Crippen LogP contribution in [0.25, 0.3) is 0 Å². The Morgan fingerprint density at radius 3 is 2.40 bits per heavy atom. The summed E-state index contributed by atoms with van der Waals surface area (Å²) >= 11 is 3.69. The summed E-state index contributed by atoms with van der Waals surface area (Å²) in [6, 6.07) is 17.4. The summed E-state index contributed by atoms with van der Waals surface area (Å²) < 4.78 is 12.2. The second kappa shape index (κ2) is 12.9. The number of esters is 1. The van der Waals surface area contributed by atoms with Crippen molar-refractivity contribution in [2.75, 3.05) is 19.8 Å². The number of hydrogen-bond donors (Lipinski definition) is 1. The van der Waals surface area contributed by atoms with E-state index in [4.69, 9.17) is 9.47 Å². The zero-order chi connectivity index (χ0) is 29.9. The number of fused-ring (bicyclic) bond motifs is 1. The van der Waals surface area contributed by atoms with E-state index >= 15 is 0 Å². The van der Waals surface area contributed by atoms with Gasteiger partial charge in [0.15, 0.2) is 0 Å². The van der Waals surface area contributed by atoms with Gasteiger partial charge >= 0.3 is 5.97 Å². The van der Waals surface area contributed by atoms with Crippen molar-refractivity contribution in [2.24, 2.45) is 11.8 Å². The van der Waals surface area contributed by atoms with Gasteiger partial charge in [-0.05, 0) is 30.4 Å². The molecule has 9 heteroatoms. The molecule has 5 rings (SSSR count). The summed E-state index contributed by atoms with van der Waals surface area (Å²) in [5.74, 6) is -2.97. The molecule has 1 N–H and O–H groups in total. The van der Waals surface area contributed by atoms with Crippen LogP contribution in [0, 0.1) is 11.8 Å². The van der Waals surface area contributed by atoms with Crippen LogP contribution in [-0.2, 0) is 36.8 Å². The van der Waals surface area contributed by atoms with Crippen molar-refractivity contribution in [3.05, 3.63) is 97.1 Å². The standard InChI is InChI=1S/C33H37BrN2O6/c1-3-5-17-41-32(40)26-27-30(38)36(24(21-37)18-22-12-8-6-9-13-22)29(33(27)19-25(34)28(26)42-33)31(39)35(16-4-2)20-23-14-10-7-11-15-23/h3-4,6-15,24-29,37H,1-2,5,16-21H2/t24-,25?,26-,27+,28-,29?,33?/m1/s1. The third-order valence-corrected chi connectivity index (χ3v) is 9.44. The van der Waals surface area contributed by atoms with Crippen molar-refractivity contribution in [1.82, 2.24) is 9.80 Å². The lowest BCUT2D eigenvalue weighted by Crippen LogP contribution is -2.59. The van der Waals surface area contributed by atoms with Gasteiger partial charge in [-0.3, -0.25) is 14.4 Å². The summed E-state index contributed by atoms with van der Waals surface area (Å²) in [5.41, 5.74) is 0.593. The molecule has 0 aliphatic carbocycles. The third-order valence-electron chi connectivity index (χ3n) is 8.60. The molecule has 3 aliphatic heterocycles. The number of carbonyl (C=O) groups excluding carboxylic acids is 3. The van der Waals surface area contributed by atoms with Gasteiger partial charge < -0.3 is 24.4 Å². The van der Waals surface area contributed by atoms with E-state index in [9.17, 15) is 19.5 Å². The number of likely N-dealkylation sites (tertiary alicyclic amines) is 1. The largest absolute Gasteiger partial charge is 0.465 e. The number of rotatable bonds is 13. The number of carbonyl (C=O) groups is 3. The van der Waals surface area contributed by atoms with Crippen LogP contribution in [0.1, 0.15) is 24.0 Å². The highest BCUT2D eigenvalue weighted by Crippen LogP contribution is 2.60. The highest BCUT2D eigenvalue weighted by Gasteiger charge is 2.77. The van der Waals surface area contributed by atoms with Crippen LogP contribution in [0.3, 0.4) is 0 Å². The monoisotopic (exact) mass is 636 g/mol. The maximum atomic E-state index is 14.7. The second-order valence-electron chi connectivity index (χ2n) is 11.2. The van der Waals surface area contributed by atoms with Gasteiger partial charge in [-0.25, -0.2) is 0 Å². The fourth-order valence-electron chi connectivity index (χ4n) is 6.85. The number of nitrogens with zero attached hydrogens (tertiary/aromatic N) is 2. The highest BCUT2D eigenvalue weighted by molar-refractivity contribution is 9.09. The molecule has 222 valence electrons. The van der Waals surface area contributed by atoms with Crippen molar-refractivity contribution >= 4 is 33.7 Å². The van der Waals surface area contributed by atoms with Crippen molar-refractivity contribution in [1.29, 1.82) is 0 Å². The third kappa shape index (κ3) is 5.45. The number of amides is 2. The first kappa shape index (κ1) is 30.2. The molecular weight excluding hydrogens is 600 g/mol. The van der Waals surface area contributed by atoms with Gasteiger partial charge in [0.25, 0.3) is 0 Å². The van der Waals surface area contributed by atoms with Crippen molar-refractivity contribution in [3.8, 4) is 0 Å². The molecule has 3 saturated heterocycles. The predicted molar refractivity (Wildman–Crippen MR) is 161 cm³/mol. The Bertz CT molecular complexity index is 1310. The van der Waals surface area contributed by atoms with Crippen LogP contribution < -0.4 is 0 Å². The molecule has 7 atom stereocenters. The Labute approximate surface area is 255 Å². The zero-order valence-corrected chi connectivity index (χ0v) is 25.1. The SMILES string of the molecule is C=CCCOC(=O)[C@H]1[C@@H]2OC3(CC2Br)C(C(=O)N(CC=C)Cc2ccccc2)N([C@@H](CO)Cc2ccccc2)C(=O)[C@H]13. The average molecular weight is 638 g/mol. The minimum atomic E-state index is -1.25. The van der Waals surface area contributed by atoms with Gasteiger partial charge in [-0.2, -0.15) is 0 Å². The van der Waals surface area contributed by atoms with Gasteiger partial charge in [0.05, 0.1) is 37.2 Å². The van der Waals surface area contributed by atoms with Gasteiger partial charge in [0.1, 0.15) is 11.6 Å². The lowest BCUT2D eigenvalue weighted by atomic mass is 9.70. The number of aliphatic hydroxyl groups excluding tert-OH is 1.